The van der Waals surface area contributed by atoms with Crippen LogP contribution in [-0.4, -0.2) is 55.5 Å². The maximum atomic E-state index is 13.6. The van der Waals surface area contributed by atoms with Gasteiger partial charge in [0.15, 0.2) is 18.2 Å². The molecular weight excluding hydrogens is 504 g/mol. The minimum Gasteiger partial charge on any atom is -0.451 e. The lowest BCUT2D eigenvalue weighted by atomic mass is 9.97. The van der Waals surface area contributed by atoms with E-state index in [1.165, 1.54) is 12.1 Å². The number of esters is 1. The number of benzene rings is 3. The molecule has 2 aliphatic rings. The van der Waals surface area contributed by atoms with Crippen LogP contribution in [0.3, 0.4) is 0 Å². The van der Waals surface area contributed by atoms with Gasteiger partial charge in [-0.25, -0.2) is 4.79 Å². The third kappa shape index (κ3) is 4.19. The molecule has 0 radical (unpaired) electrons. The second-order valence-electron chi connectivity index (χ2n) is 9.10. The number of hydrogen-bond donors (Lipinski definition) is 1. The summed E-state index contributed by atoms with van der Waals surface area (Å²) in [6, 6.07) is 22.1. The van der Waals surface area contributed by atoms with E-state index in [-0.39, 0.29) is 23.2 Å². The molecule has 1 fully saturated rings. The smallest absolute Gasteiger partial charge is 0.334 e. The van der Waals surface area contributed by atoms with Crippen LogP contribution >= 0.6 is 12.0 Å². The van der Waals surface area contributed by atoms with E-state index in [1.807, 2.05) is 60.7 Å². The molecule has 192 valence electrons. The molecule has 9 heteroatoms. The Morgan fingerprint density at radius 3 is 1.79 bits per heavy atom. The van der Waals surface area contributed by atoms with Crippen molar-refractivity contribution in [3.8, 4) is 0 Å². The number of fused-ring (bicyclic) bond motifs is 1. The molecule has 0 bridgehead atoms. The van der Waals surface area contributed by atoms with Gasteiger partial charge in [-0.1, -0.05) is 79.4 Å². The SMILES string of the molecule is C=C(C)[C@H](C(=O)OC(c1ccccc1)c1ccccc1)N1C(=O)[C@H](N2C(=O)c3ccccc3C2=O)[C@@H]1SO. The molecule has 2 heterocycles. The molecular formula is C29H24N2O6S. The van der Waals surface area contributed by atoms with E-state index < -0.39 is 47.3 Å². The number of rotatable bonds is 8. The topological polar surface area (TPSA) is 104 Å². The minimum absolute atomic E-state index is 0.190. The van der Waals surface area contributed by atoms with Gasteiger partial charge in [0.2, 0.25) is 0 Å². The molecule has 3 atom stereocenters. The van der Waals surface area contributed by atoms with Crippen LogP contribution in [0.5, 0.6) is 0 Å². The van der Waals surface area contributed by atoms with Gasteiger partial charge in [-0.2, -0.15) is 0 Å². The van der Waals surface area contributed by atoms with Crippen molar-refractivity contribution in [2.45, 2.75) is 30.5 Å². The Kier molecular flexibility index (Phi) is 6.88. The molecule has 0 aromatic heterocycles. The van der Waals surface area contributed by atoms with Gasteiger partial charge in [0.05, 0.1) is 11.1 Å². The lowest BCUT2D eigenvalue weighted by molar-refractivity contribution is -0.166. The van der Waals surface area contributed by atoms with Crippen LogP contribution in [0.1, 0.15) is 44.9 Å². The summed E-state index contributed by atoms with van der Waals surface area (Å²) in [4.78, 5) is 55.0. The fourth-order valence-corrected chi connectivity index (χ4v) is 5.55. The first-order chi connectivity index (χ1) is 18.3. The molecule has 0 saturated carbocycles. The summed E-state index contributed by atoms with van der Waals surface area (Å²) in [5.41, 5.74) is 2.16. The largest absolute Gasteiger partial charge is 0.451 e. The number of carbonyl (C=O) groups is 4. The van der Waals surface area contributed by atoms with Gasteiger partial charge in [0.1, 0.15) is 5.37 Å². The molecule has 0 unspecified atom stereocenters. The molecule has 5 rings (SSSR count). The van der Waals surface area contributed by atoms with Gasteiger partial charge in [0, 0.05) is 12.0 Å². The second kappa shape index (κ2) is 10.3. The summed E-state index contributed by atoms with van der Waals surface area (Å²) in [5.74, 6) is -2.65. The van der Waals surface area contributed by atoms with Crippen molar-refractivity contribution in [1.29, 1.82) is 0 Å². The summed E-state index contributed by atoms with van der Waals surface area (Å²) in [5, 5.41) is -1.08. The number of hydrogen-bond acceptors (Lipinski definition) is 7. The zero-order chi connectivity index (χ0) is 27.0. The maximum absolute atomic E-state index is 13.6. The predicted molar refractivity (Wildman–Crippen MR) is 141 cm³/mol. The highest BCUT2D eigenvalue weighted by Crippen LogP contribution is 2.40. The summed E-state index contributed by atoms with van der Waals surface area (Å²) in [6.07, 6.45) is -0.754. The van der Waals surface area contributed by atoms with E-state index in [0.29, 0.717) is 5.57 Å². The number of imide groups is 1. The quantitative estimate of drug-likeness (QED) is 0.153. The molecule has 0 aliphatic carbocycles. The lowest BCUT2D eigenvalue weighted by Crippen LogP contribution is -2.73. The molecule has 1 saturated heterocycles. The monoisotopic (exact) mass is 528 g/mol. The highest BCUT2D eigenvalue weighted by molar-refractivity contribution is 7.94. The summed E-state index contributed by atoms with van der Waals surface area (Å²) in [6.45, 7) is 5.46. The van der Waals surface area contributed by atoms with E-state index >= 15 is 0 Å². The van der Waals surface area contributed by atoms with Crippen molar-refractivity contribution in [3.05, 3.63) is 119 Å². The molecule has 3 aromatic rings. The van der Waals surface area contributed by atoms with Gasteiger partial charge in [-0.3, -0.25) is 19.3 Å². The Bertz CT molecular complexity index is 1350. The van der Waals surface area contributed by atoms with E-state index in [2.05, 4.69) is 6.58 Å². The van der Waals surface area contributed by atoms with Crippen LogP contribution in [0.15, 0.2) is 97.1 Å². The third-order valence-corrected chi connectivity index (χ3v) is 7.37. The van der Waals surface area contributed by atoms with Crippen molar-refractivity contribution in [1.82, 2.24) is 9.80 Å². The molecule has 38 heavy (non-hydrogen) atoms. The number of nitrogens with zero attached hydrogens (tertiary/aromatic N) is 2. The highest BCUT2D eigenvalue weighted by Gasteiger charge is 2.60. The third-order valence-electron chi connectivity index (χ3n) is 6.67. The van der Waals surface area contributed by atoms with E-state index in [4.69, 9.17) is 4.74 Å². The number of carbonyl (C=O) groups excluding carboxylic acids is 4. The zero-order valence-corrected chi connectivity index (χ0v) is 21.2. The normalized spacial score (nSPS) is 19.3. The lowest BCUT2D eigenvalue weighted by Gasteiger charge is -2.50. The maximum Gasteiger partial charge on any atom is 0.334 e. The van der Waals surface area contributed by atoms with Crippen LogP contribution in [0.2, 0.25) is 0 Å². The molecule has 8 nitrogen and oxygen atoms in total. The average molecular weight is 529 g/mol. The Morgan fingerprint density at radius 1 is 0.868 bits per heavy atom. The zero-order valence-electron chi connectivity index (χ0n) is 20.4. The number of β-lactam (4-membered cyclic amide) rings is 1. The van der Waals surface area contributed by atoms with Gasteiger partial charge in [-0.05, 0) is 35.8 Å². The first-order valence-corrected chi connectivity index (χ1v) is 12.7. The Hall–Kier alpha value is -4.21. The van der Waals surface area contributed by atoms with Crippen LogP contribution in [0.25, 0.3) is 0 Å². The Morgan fingerprint density at radius 2 is 1.34 bits per heavy atom. The average Bonchev–Trinajstić information content (AvgIpc) is 3.18. The first-order valence-electron chi connectivity index (χ1n) is 11.9. The number of likely N-dealkylation sites (tertiary alicyclic amines) is 1. The second-order valence-corrected chi connectivity index (χ2v) is 9.79. The Labute approximate surface area is 223 Å². The van der Waals surface area contributed by atoms with Gasteiger partial charge in [0.25, 0.3) is 17.7 Å². The van der Waals surface area contributed by atoms with Crippen LogP contribution in [0, 0.1) is 0 Å². The molecule has 2 aliphatic heterocycles. The van der Waals surface area contributed by atoms with Crippen LogP contribution in [0.4, 0.5) is 0 Å². The Balaban J connectivity index is 1.42. The van der Waals surface area contributed by atoms with E-state index in [0.717, 1.165) is 20.9 Å². The summed E-state index contributed by atoms with van der Waals surface area (Å²) in [7, 11) is 0. The predicted octanol–water partition coefficient (Wildman–Crippen LogP) is 4.30. The highest BCUT2D eigenvalue weighted by atomic mass is 32.2. The van der Waals surface area contributed by atoms with Crippen molar-refractivity contribution >= 4 is 35.7 Å². The first kappa shape index (κ1) is 25.4. The summed E-state index contributed by atoms with van der Waals surface area (Å²) >= 11 is 0.286. The van der Waals surface area contributed by atoms with Crippen molar-refractivity contribution in [3.63, 3.8) is 0 Å². The number of ether oxygens (including phenoxy) is 1. The molecule has 3 amide bonds. The van der Waals surface area contributed by atoms with Crippen LogP contribution in [-0.2, 0) is 14.3 Å². The van der Waals surface area contributed by atoms with Crippen molar-refractivity contribution < 1.29 is 28.5 Å². The summed E-state index contributed by atoms with van der Waals surface area (Å²) < 4.78 is 16.1. The van der Waals surface area contributed by atoms with Crippen molar-refractivity contribution in [2.24, 2.45) is 0 Å². The molecule has 0 spiro atoms. The van der Waals surface area contributed by atoms with E-state index in [9.17, 15) is 23.7 Å². The minimum atomic E-state index is -1.27. The fraction of sp³-hybridized carbons (Fsp3) is 0.172. The van der Waals surface area contributed by atoms with E-state index in [1.54, 1.807) is 19.1 Å². The number of amides is 3. The van der Waals surface area contributed by atoms with Gasteiger partial charge < -0.3 is 14.2 Å². The standard InChI is InChI=1S/C29H24N2O6S/c1-17(2)22(29(35)37-24(18-11-5-3-6-12-18)19-13-7-4-8-14-19)31-27(34)23(28(31)38-36)30-25(32)20-15-9-10-16-21(20)26(30)33/h3-16,22-24,28,36H,1H2,2H3/t22-,23+,28+/m1/s1. The van der Waals surface area contributed by atoms with Crippen LogP contribution < -0.4 is 0 Å². The fourth-order valence-electron chi connectivity index (χ4n) is 4.87. The van der Waals surface area contributed by atoms with Gasteiger partial charge >= 0.3 is 5.97 Å². The van der Waals surface area contributed by atoms with Gasteiger partial charge in [-0.15, -0.1) is 0 Å². The van der Waals surface area contributed by atoms with Crippen molar-refractivity contribution in [2.75, 3.05) is 0 Å². The molecule has 3 aromatic carbocycles. The molecule has 1 N–H and O–H groups in total.